The van der Waals surface area contributed by atoms with Crippen molar-refractivity contribution in [2.24, 2.45) is 0 Å². The van der Waals surface area contributed by atoms with E-state index in [1.54, 1.807) is 37.3 Å². The summed E-state index contributed by atoms with van der Waals surface area (Å²) < 4.78 is 10.8. The first-order valence-electron chi connectivity index (χ1n) is 10.4. The minimum atomic E-state index is -0.127. The number of hydrogen-bond donors (Lipinski definition) is 0. The van der Waals surface area contributed by atoms with E-state index in [0.29, 0.717) is 49.7 Å². The van der Waals surface area contributed by atoms with Crippen LogP contribution < -0.4 is 9.47 Å². The molecule has 2 aromatic rings. The van der Waals surface area contributed by atoms with Gasteiger partial charge in [-0.15, -0.1) is 0 Å². The highest BCUT2D eigenvalue weighted by Gasteiger charge is 2.27. The molecule has 0 aromatic heterocycles. The molecule has 2 aromatic carbocycles. The summed E-state index contributed by atoms with van der Waals surface area (Å²) in [6.07, 6.45) is 1.97. The van der Waals surface area contributed by atoms with Gasteiger partial charge in [0.15, 0.2) is 0 Å². The monoisotopic (exact) mass is 410 g/mol. The largest absolute Gasteiger partial charge is 0.496 e. The van der Waals surface area contributed by atoms with E-state index in [2.05, 4.69) is 31.2 Å². The number of nitrogens with zero attached hydrogens (tertiary/aromatic N) is 2. The lowest BCUT2D eigenvalue weighted by molar-refractivity contribution is -0.131. The van der Waals surface area contributed by atoms with Crippen molar-refractivity contribution >= 4 is 11.8 Å². The maximum Gasteiger partial charge on any atom is 0.261 e. The van der Waals surface area contributed by atoms with Gasteiger partial charge in [-0.05, 0) is 37.5 Å². The molecule has 0 atom stereocenters. The third kappa shape index (κ3) is 5.12. The number of ether oxygens (including phenoxy) is 2. The first-order chi connectivity index (χ1) is 14.5. The number of aryl methyl sites for hydroxylation is 2. The Bertz CT molecular complexity index is 857. The highest BCUT2D eigenvalue weighted by atomic mass is 16.5. The Hall–Kier alpha value is -3.02. The van der Waals surface area contributed by atoms with Gasteiger partial charge in [0.2, 0.25) is 5.91 Å². The lowest BCUT2D eigenvalue weighted by Crippen LogP contribution is -2.37. The average Bonchev–Trinajstić information content (AvgIpc) is 3.03. The number of methoxy groups -OCH3 is 2. The normalized spacial score (nSPS) is 14.2. The molecule has 0 aliphatic carbocycles. The van der Waals surface area contributed by atoms with Crippen molar-refractivity contribution in [2.45, 2.75) is 26.2 Å². The third-order valence-corrected chi connectivity index (χ3v) is 5.53. The Morgan fingerprint density at radius 2 is 1.47 bits per heavy atom. The van der Waals surface area contributed by atoms with E-state index in [1.807, 2.05) is 4.90 Å². The quantitative estimate of drug-likeness (QED) is 0.733. The third-order valence-electron chi connectivity index (χ3n) is 5.53. The lowest BCUT2D eigenvalue weighted by atomic mass is 10.1. The molecule has 3 rings (SSSR count). The summed E-state index contributed by atoms with van der Waals surface area (Å²) >= 11 is 0. The molecule has 6 heteroatoms. The molecule has 2 amide bonds. The van der Waals surface area contributed by atoms with Crippen LogP contribution in [0.2, 0.25) is 0 Å². The van der Waals surface area contributed by atoms with Crippen LogP contribution in [0.25, 0.3) is 0 Å². The Kier molecular flexibility index (Phi) is 7.33. The second kappa shape index (κ2) is 10.1. The van der Waals surface area contributed by atoms with Gasteiger partial charge in [0.05, 0.1) is 14.2 Å². The maximum absolute atomic E-state index is 13.2. The second-order valence-corrected chi connectivity index (χ2v) is 7.55. The molecule has 6 nitrogen and oxygen atoms in total. The van der Waals surface area contributed by atoms with Gasteiger partial charge in [-0.1, -0.05) is 35.9 Å². The molecule has 0 saturated carbocycles. The number of rotatable bonds is 6. The number of hydrogen-bond acceptors (Lipinski definition) is 4. The van der Waals surface area contributed by atoms with E-state index in [1.165, 1.54) is 11.1 Å². The van der Waals surface area contributed by atoms with Gasteiger partial charge >= 0.3 is 0 Å². The number of amides is 2. The Morgan fingerprint density at radius 1 is 0.867 bits per heavy atom. The minimum absolute atomic E-state index is 0.127. The standard InChI is InChI=1S/C24H30N2O4/c1-18-8-10-19(11-9-18)12-13-22(27)25-14-5-15-26(17-16-25)24(28)23-20(29-2)6-4-7-21(23)30-3/h4,6-11H,5,12-17H2,1-3H3. The predicted molar refractivity (Wildman–Crippen MR) is 116 cm³/mol. The molecule has 30 heavy (non-hydrogen) atoms. The van der Waals surface area contributed by atoms with E-state index in [4.69, 9.17) is 9.47 Å². The van der Waals surface area contributed by atoms with Gasteiger partial charge < -0.3 is 19.3 Å². The molecule has 1 heterocycles. The summed E-state index contributed by atoms with van der Waals surface area (Å²) in [5, 5.41) is 0. The molecule has 1 aliphatic rings. The SMILES string of the molecule is COc1cccc(OC)c1C(=O)N1CCCN(C(=O)CCc2ccc(C)cc2)CC1. The molecule has 1 fully saturated rings. The zero-order chi connectivity index (χ0) is 21.5. The maximum atomic E-state index is 13.2. The van der Waals surface area contributed by atoms with Crippen molar-refractivity contribution in [3.05, 3.63) is 59.2 Å². The fourth-order valence-electron chi connectivity index (χ4n) is 3.75. The molecule has 0 N–H and O–H groups in total. The molecule has 1 aliphatic heterocycles. The van der Waals surface area contributed by atoms with Crippen molar-refractivity contribution in [3.8, 4) is 11.5 Å². The summed E-state index contributed by atoms with van der Waals surface area (Å²) in [5.74, 6) is 1.00. The van der Waals surface area contributed by atoms with Crippen molar-refractivity contribution in [2.75, 3.05) is 40.4 Å². The van der Waals surface area contributed by atoms with Crippen molar-refractivity contribution < 1.29 is 19.1 Å². The zero-order valence-corrected chi connectivity index (χ0v) is 18.0. The molecule has 1 saturated heterocycles. The van der Waals surface area contributed by atoms with Crippen LogP contribution in [-0.2, 0) is 11.2 Å². The van der Waals surface area contributed by atoms with Gasteiger partial charge in [0.25, 0.3) is 5.91 Å². The van der Waals surface area contributed by atoms with E-state index in [9.17, 15) is 9.59 Å². The van der Waals surface area contributed by atoms with Crippen molar-refractivity contribution in [1.29, 1.82) is 0 Å². The first kappa shape index (κ1) is 21.7. The van der Waals surface area contributed by atoms with E-state index in [0.717, 1.165) is 12.8 Å². The van der Waals surface area contributed by atoms with E-state index in [-0.39, 0.29) is 11.8 Å². The van der Waals surface area contributed by atoms with Crippen LogP contribution in [-0.4, -0.2) is 62.0 Å². The predicted octanol–water partition coefficient (Wildman–Crippen LogP) is 3.32. The molecular formula is C24H30N2O4. The summed E-state index contributed by atoms with van der Waals surface area (Å²) in [5.41, 5.74) is 2.82. The molecule has 0 spiro atoms. The molecule has 160 valence electrons. The Morgan fingerprint density at radius 3 is 2.10 bits per heavy atom. The van der Waals surface area contributed by atoms with Crippen LogP contribution in [0.4, 0.5) is 0 Å². The Balaban J connectivity index is 1.61. The fraction of sp³-hybridized carbons (Fsp3) is 0.417. The van der Waals surface area contributed by atoms with Crippen LogP contribution in [0.5, 0.6) is 11.5 Å². The van der Waals surface area contributed by atoms with Crippen LogP contribution in [0, 0.1) is 6.92 Å². The van der Waals surface area contributed by atoms with Gasteiger partial charge in [0, 0.05) is 32.6 Å². The van der Waals surface area contributed by atoms with Crippen LogP contribution in [0.3, 0.4) is 0 Å². The fourth-order valence-corrected chi connectivity index (χ4v) is 3.75. The minimum Gasteiger partial charge on any atom is -0.496 e. The van der Waals surface area contributed by atoms with Gasteiger partial charge in [-0.25, -0.2) is 0 Å². The van der Waals surface area contributed by atoms with E-state index >= 15 is 0 Å². The molecule has 0 radical (unpaired) electrons. The Labute approximate surface area is 178 Å². The summed E-state index contributed by atoms with van der Waals surface area (Å²) in [6.45, 7) is 4.35. The van der Waals surface area contributed by atoms with Crippen LogP contribution in [0.1, 0.15) is 34.3 Å². The first-order valence-corrected chi connectivity index (χ1v) is 10.4. The second-order valence-electron chi connectivity index (χ2n) is 7.55. The van der Waals surface area contributed by atoms with Crippen molar-refractivity contribution in [1.82, 2.24) is 9.80 Å². The molecule has 0 bridgehead atoms. The average molecular weight is 411 g/mol. The summed E-state index contributed by atoms with van der Waals surface area (Å²) in [7, 11) is 3.09. The lowest BCUT2D eigenvalue weighted by Gasteiger charge is -2.23. The summed E-state index contributed by atoms with van der Waals surface area (Å²) in [6, 6.07) is 13.6. The highest BCUT2D eigenvalue weighted by Crippen LogP contribution is 2.30. The van der Waals surface area contributed by atoms with Gasteiger partial charge in [-0.2, -0.15) is 0 Å². The van der Waals surface area contributed by atoms with Crippen molar-refractivity contribution in [3.63, 3.8) is 0 Å². The smallest absolute Gasteiger partial charge is 0.261 e. The number of carbonyl (C=O) groups excluding carboxylic acids is 2. The highest BCUT2D eigenvalue weighted by molar-refractivity contribution is 5.99. The van der Waals surface area contributed by atoms with Crippen LogP contribution >= 0.6 is 0 Å². The summed E-state index contributed by atoms with van der Waals surface area (Å²) in [4.78, 5) is 29.6. The van der Waals surface area contributed by atoms with E-state index < -0.39 is 0 Å². The molecular weight excluding hydrogens is 380 g/mol. The molecule has 0 unspecified atom stereocenters. The van der Waals surface area contributed by atoms with Crippen LogP contribution in [0.15, 0.2) is 42.5 Å². The number of carbonyl (C=O) groups is 2. The van der Waals surface area contributed by atoms with Gasteiger partial charge in [0.1, 0.15) is 17.1 Å². The van der Waals surface area contributed by atoms with Gasteiger partial charge in [-0.3, -0.25) is 9.59 Å². The number of benzene rings is 2. The topological polar surface area (TPSA) is 59.1 Å². The zero-order valence-electron chi connectivity index (χ0n) is 18.0.